The van der Waals surface area contributed by atoms with Gasteiger partial charge in [0.1, 0.15) is 6.26 Å². The summed E-state index contributed by atoms with van der Waals surface area (Å²) >= 11 is 0. The van der Waals surface area contributed by atoms with E-state index in [2.05, 4.69) is 15.3 Å². The Morgan fingerprint density at radius 1 is 1.03 bits per heavy atom. The molecule has 0 aliphatic heterocycles. The summed E-state index contributed by atoms with van der Waals surface area (Å²) in [7, 11) is 0. The van der Waals surface area contributed by atoms with Crippen LogP contribution >= 0.6 is 0 Å². The smallest absolute Gasteiger partial charge is 0.379 e. The second kappa shape index (κ2) is 10.3. The quantitative estimate of drug-likeness (QED) is 0.312. The number of nitrogens with zero attached hydrogens (tertiary/aromatic N) is 3. The number of hydrogen-bond donors (Lipinski definition) is 1. The summed E-state index contributed by atoms with van der Waals surface area (Å²) in [6.07, 6.45) is 6.84. The first-order valence-corrected chi connectivity index (χ1v) is 10.6. The minimum absolute atomic E-state index is 0.135. The van der Waals surface area contributed by atoms with Gasteiger partial charge in [0.25, 0.3) is 11.8 Å². The van der Waals surface area contributed by atoms with Gasteiger partial charge in [-0.3, -0.25) is 9.20 Å². The Bertz CT molecular complexity index is 1440. The molecule has 0 bridgehead atoms. The highest BCUT2D eigenvalue weighted by Gasteiger charge is 2.16. The Hall–Kier alpha value is -4.40. The van der Waals surface area contributed by atoms with Crippen LogP contribution in [0.4, 0.5) is 18.9 Å². The predicted molar refractivity (Wildman–Crippen MR) is 127 cm³/mol. The van der Waals surface area contributed by atoms with Gasteiger partial charge in [0, 0.05) is 23.0 Å². The van der Waals surface area contributed by atoms with Gasteiger partial charge >= 0.3 is 6.68 Å². The van der Waals surface area contributed by atoms with Crippen molar-refractivity contribution in [2.24, 2.45) is 0 Å². The van der Waals surface area contributed by atoms with E-state index in [1.54, 1.807) is 12.4 Å². The van der Waals surface area contributed by atoms with Crippen LogP contribution in [0.25, 0.3) is 28.4 Å². The standard InChI is InChI=1S/C25H20N4O2.CHF3/c1-16-5-9-19(10-6-16)28-24(30)21-14-18(8-7-17(21)2)20-4-3-12-29-22(20)15-27-23(29)25-26-11-13-31-25;2-1(3)4/h3-15H,1-2H3,(H,28,30);1H. The summed E-state index contributed by atoms with van der Waals surface area (Å²) in [5, 5.41) is 2.99. The number of fused-ring (bicyclic) bond motifs is 1. The van der Waals surface area contributed by atoms with E-state index in [0.717, 1.165) is 33.5 Å². The van der Waals surface area contributed by atoms with E-state index in [0.29, 0.717) is 17.3 Å². The lowest BCUT2D eigenvalue weighted by Gasteiger charge is -2.11. The van der Waals surface area contributed by atoms with Crippen molar-refractivity contribution in [1.29, 1.82) is 0 Å². The van der Waals surface area contributed by atoms with Crippen molar-refractivity contribution in [2.45, 2.75) is 20.5 Å². The number of carbonyl (C=O) groups is 1. The maximum atomic E-state index is 13.0. The van der Waals surface area contributed by atoms with Gasteiger partial charge in [0.2, 0.25) is 5.82 Å². The maximum absolute atomic E-state index is 13.0. The zero-order valence-electron chi connectivity index (χ0n) is 18.9. The van der Waals surface area contributed by atoms with Gasteiger partial charge in [-0.25, -0.2) is 9.97 Å². The monoisotopic (exact) mass is 478 g/mol. The molecule has 9 heteroatoms. The number of pyridine rings is 1. The Labute approximate surface area is 199 Å². The van der Waals surface area contributed by atoms with Crippen molar-refractivity contribution < 1.29 is 22.4 Å². The average molecular weight is 478 g/mol. The first kappa shape index (κ1) is 23.7. The van der Waals surface area contributed by atoms with E-state index < -0.39 is 6.68 Å². The molecule has 1 amide bonds. The van der Waals surface area contributed by atoms with Crippen LogP contribution in [0.2, 0.25) is 0 Å². The fraction of sp³-hybridized carbons (Fsp3) is 0.115. The fourth-order valence-electron chi connectivity index (χ4n) is 3.63. The van der Waals surface area contributed by atoms with Crippen molar-refractivity contribution in [3.05, 3.63) is 96.1 Å². The zero-order valence-corrected chi connectivity index (χ0v) is 18.9. The highest BCUT2D eigenvalue weighted by molar-refractivity contribution is 6.06. The van der Waals surface area contributed by atoms with E-state index in [1.807, 2.05) is 79.0 Å². The summed E-state index contributed by atoms with van der Waals surface area (Å²) in [6, 6.07) is 17.6. The second-order valence-corrected chi connectivity index (χ2v) is 7.69. The molecular weight excluding hydrogens is 457 g/mol. The number of imidazole rings is 1. The summed E-state index contributed by atoms with van der Waals surface area (Å²) in [6.45, 7) is 0.289. The van der Waals surface area contributed by atoms with Crippen LogP contribution in [0.1, 0.15) is 21.5 Å². The van der Waals surface area contributed by atoms with E-state index in [9.17, 15) is 18.0 Å². The van der Waals surface area contributed by atoms with Crippen LogP contribution in [0.15, 0.2) is 83.9 Å². The number of anilines is 1. The third-order valence-electron chi connectivity index (χ3n) is 5.30. The van der Waals surface area contributed by atoms with E-state index in [1.165, 1.54) is 6.26 Å². The molecule has 3 heterocycles. The van der Waals surface area contributed by atoms with Crippen molar-refractivity contribution in [3.63, 3.8) is 0 Å². The molecule has 0 radical (unpaired) electrons. The van der Waals surface area contributed by atoms with Gasteiger partial charge in [0.05, 0.1) is 17.9 Å². The molecule has 6 nitrogen and oxygen atoms in total. The number of benzene rings is 2. The molecule has 0 saturated carbocycles. The number of aromatic nitrogens is 3. The summed E-state index contributed by atoms with van der Waals surface area (Å²) in [5.74, 6) is 0.953. The number of carbonyl (C=O) groups excluding carboxylic acids is 1. The van der Waals surface area contributed by atoms with Crippen molar-refractivity contribution >= 4 is 17.1 Å². The summed E-state index contributed by atoms with van der Waals surface area (Å²) in [4.78, 5) is 21.7. The van der Waals surface area contributed by atoms with Gasteiger partial charge in [0.15, 0.2) is 0 Å². The molecular formula is C26H21F3N4O2. The molecule has 0 spiro atoms. The van der Waals surface area contributed by atoms with Crippen LogP contribution < -0.4 is 5.32 Å². The molecule has 178 valence electrons. The number of nitrogens with one attached hydrogen (secondary N) is 1. The third kappa shape index (κ3) is 5.40. The maximum Gasteiger partial charge on any atom is 0.379 e. The molecule has 35 heavy (non-hydrogen) atoms. The first-order chi connectivity index (χ1) is 16.8. The van der Waals surface area contributed by atoms with Gasteiger partial charge in [-0.1, -0.05) is 35.9 Å². The number of halogens is 3. The van der Waals surface area contributed by atoms with Crippen LogP contribution in [0.3, 0.4) is 0 Å². The number of amides is 1. The average Bonchev–Trinajstić information content (AvgIpc) is 3.50. The molecule has 2 aromatic carbocycles. The minimum Gasteiger partial charge on any atom is -0.442 e. The topological polar surface area (TPSA) is 72.4 Å². The lowest BCUT2D eigenvalue weighted by atomic mass is 9.99. The van der Waals surface area contributed by atoms with Crippen molar-refractivity contribution in [3.8, 4) is 22.8 Å². The van der Waals surface area contributed by atoms with Crippen LogP contribution in [-0.4, -0.2) is 27.0 Å². The van der Waals surface area contributed by atoms with Crippen LogP contribution in [0.5, 0.6) is 0 Å². The van der Waals surface area contributed by atoms with Crippen molar-refractivity contribution in [1.82, 2.24) is 14.4 Å². The molecule has 0 saturated heterocycles. The molecule has 5 rings (SSSR count). The largest absolute Gasteiger partial charge is 0.442 e. The van der Waals surface area contributed by atoms with Gasteiger partial charge in [-0.15, -0.1) is 0 Å². The third-order valence-corrected chi connectivity index (χ3v) is 5.30. The highest BCUT2D eigenvalue weighted by atomic mass is 19.4. The van der Waals surface area contributed by atoms with Crippen LogP contribution in [-0.2, 0) is 0 Å². The SMILES string of the molecule is Cc1ccc(NC(=O)c2cc(-c3cccn4c(-c5ncco5)ncc34)ccc2C)cc1.FC(F)F. The number of aryl methyl sites for hydroxylation is 2. The van der Waals surface area contributed by atoms with Gasteiger partial charge in [-0.2, -0.15) is 13.2 Å². The van der Waals surface area contributed by atoms with Gasteiger partial charge in [-0.05, 0) is 49.2 Å². The molecule has 0 unspecified atom stereocenters. The first-order valence-electron chi connectivity index (χ1n) is 10.6. The normalized spacial score (nSPS) is 10.8. The molecule has 3 aromatic heterocycles. The van der Waals surface area contributed by atoms with E-state index >= 15 is 0 Å². The molecule has 0 aliphatic rings. The second-order valence-electron chi connectivity index (χ2n) is 7.69. The lowest BCUT2D eigenvalue weighted by molar-refractivity contribution is 0.00818. The number of hydrogen-bond acceptors (Lipinski definition) is 4. The Balaban J connectivity index is 0.000000672. The summed E-state index contributed by atoms with van der Waals surface area (Å²) in [5.41, 5.74) is 6.27. The Morgan fingerprint density at radius 3 is 2.46 bits per heavy atom. The molecule has 0 fully saturated rings. The molecule has 0 aliphatic carbocycles. The van der Waals surface area contributed by atoms with E-state index in [-0.39, 0.29) is 5.91 Å². The van der Waals surface area contributed by atoms with Gasteiger partial charge < -0.3 is 9.73 Å². The number of oxazole rings is 1. The predicted octanol–water partition coefficient (Wildman–Crippen LogP) is 6.70. The zero-order chi connectivity index (χ0) is 24.9. The summed E-state index contributed by atoms with van der Waals surface area (Å²) < 4.78 is 36.4. The lowest BCUT2D eigenvalue weighted by Crippen LogP contribution is -2.13. The highest BCUT2D eigenvalue weighted by Crippen LogP contribution is 2.29. The minimum atomic E-state index is -3.67. The Morgan fingerprint density at radius 2 is 1.77 bits per heavy atom. The fourth-order valence-corrected chi connectivity index (χ4v) is 3.63. The number of alkyl halides is 3. The van der Waals surface area contributed by atoms with Crippen LogP contribution in [0, 0.1) is 13.8 Å². The van der Waals surface area contributed by atoms with Crippen molar-refractivity contribution in [2.75, 3.05) is 5.32 Å². The molecule has 5 aromatic rings. The molecule has 1 N–H and O–H groups in total. The van der Waals surface area contributed by atoms with E-state index in [4.69, 9.17) is 4.42 Å². The molecule has 0 atom stereocenters. The number of rotatable bonds is 4. The Kier molecular flexibility index (Phi) is 6.96.